The molecule has 0 spiro atoms. The van der Waals surface area contributed by atoms with E-state index < -0.39 is 0 Å². The molecule has 24 heavy (non-hydrogen) atoms. The van der Waals surface area contributed by atoms with Gasteiger partial charge in [-0.1, -0.05) is 18.2 Å². The van der Waals surface area contributed by atoms with Gasteiger partial charge in [0.05, 0.1) is 0 Å². The Kier molecular flexibility index (Phi) is 4.72. The largest absolute Gasteiger partial charge is 0.508 e. The molecule has 0 saturated carbocycles. The number of benzene rings is 2. The van der Waals surface area contributed by atoms with Crippen LogP contribution in [0.15, 0.2) is 36.4 Å². The van der Waals surface area contributed by atoms with Gasteiger partial charge in [0.2, 0.25) is 0 Å². The molecular formula is C21H28N2O. The van der Waals surface area contributed by atoms with E-state index in [1.807, 2.05) is 12.1 Å². The fourth-order valence-corrected chi connectivity index (χ4v) is 4.41. The lowest BCUT2D eigenvalue weighted by atomic mass is 9.96. The average Bonchev–Trinajstić information content (AvgIpc) is 3.08. The molecule has 0 radical (unpaired) electrons. The molecule has 3 nitrogen and oxygen atoms in total. The van der Waals surface area contributed by atoms with Crippen LogP contribution in [-0.2, 0) is 6.54 Å². The maximum Gasteiger partial charge on any atom is 0.116 e. The summed E-state index contributed by atoms with van der Waals surface area (Å²) in [6.07, 6.45) is 5.51. The zero-order chi connectivity index (χ0) is 16.4. The quantitative estimate of drug-likeness (QED) is 0.925. The SMILES string of the molecule is Oc1ccc2cc(CN3CCC[C@@H](CN4CCCC4)C3)ccc2c1. The lowest BCUT2D eigenvalue weighted by Gasteiger charge is -2.34. The number of nitrogens with zero attached hydrogens (tertiary/aromatic N) is 2. The number of fused-ring (bicyclic) bond motifs is 1. The highest BCUT2D eigenvalue weighted by molar-refractivity contribution is 5.84. The fraction of sp³-hybridized carbons (Fsp3) is 0.524. The zero-order valence-electron chi connectivity index (χ0n) is 14.5. The Morgan fingerprint density at radius 1 is 0.875 bits per heavy atom. The minimum Gasteiger partial charge on any atom is -0.508 e. The summed E-state index contributed by atoms with van der Waals surface area (Å²) < 4.78 is 0. The lowest BCUT2D eigenvalue weighted by Crippen LogP contribution is -2.40. The summed E-state index contributed by atoms with van der Waals surface area (Å²) in [5.74, 6) is 1.19. The minimum atomic E-state index is 0.344. The fourth-order valence-electron chi connectivity index (χ4n) is 4.41. The number of aromatic hydroxyl groups is 1. The molecule has 4 rings (SSSR count). The van der Waals surface area contributed by atoms with Gasteiger partial charge in [0.1, 0.15) is 5.75 Å². The number of hydrogen-bond acceptors (Lipinski definition) is 3. The Labute approximate surface area is 144 Å². The molecule has 2 fully saturated rings. The summed E-state index contributed by atoms with van der Waals surface area (Å²) in [7, 11) is 0. The summed E-state index contributed by atoms with van der Waals surface area (Å²) in [4.78, 5) is 5.29. The third-order valence-electron chi connectivity index (χ3n) is 5.61. The number of phenolic OH excluding ortho intramolecular Hbond substituents is 1. The van der Waals surface area contributed by atoms with E-state index in [1.165, 1.54) is 69.4 Å². The average molecular weight is 324 g/mol. The van der Waals surface area contributed by atoms with Gasteiger partial charge in [0, 0.05) is 19.6 Å². The highest BCUT2D eigenvalue weighted by Gasteiger charge is 2.23. The van der Waals surface area contributed by atoms with Crippen LogP contribution < -0.4 is 0 Å². The van der Waals surface area contributed by atoms with E-state index in [0.717, 1.165) is 17.8 Å². The van der Waals surface area contributed by atoms with Gasteiger partial charge in [-0.3, -0.25) is 4.90 Å². The number of phenols is 1. The van der Waals surface area contributed by atoms with Crippen LogP contribution in [0.2, 0.25) is 0 Å². The topological polar surface area (TPSA) is 26.7 Å². The van der Waals surface area contributed by atoms with Gasteiger partial charge in [-0.25, -0.2) is 0 Å². The van der Waals surface area contributed by atoms with Crippen molar-refractivity contribution in [3.63, 3.8) is 0 Å². The van der Waals surface area contributed by atoms with Crippen LogP contribution in [0.3, 0.4) is 0 Å². The smallest absolute Gasteiger partial charge is 0.116 e. The van der Waals surface area contributed by atoms with Crippen LogP contribution in [0.25, 0.3) is 10.8 Å². The van der Waals surface area contributed by atoms with Crippen LogP contribution in [0.1, 0.15) is 31.2 Å². The van der Waals surface area contributed by atoms with Crippen molar-refractivity contribution in [2.45, 2.75) is 32.2 Å². The van der Waals surface area contributed by atoms with Crippen molar-refractivity contribution in [2.24, 2.45) is 5.92 Å². The van der Waals surface area contributed by atoms with E-state index in [-0.39, 0.29) is 0 Å². The van der Waals surface area contributed by atoms with Crippen molar-refractivity contribution in [1.29, 1.82) is 0 Å². The van der Waals surface area contributed by atoms with Gasteiger partial charge in [-0.15, -0.1) is 0 Å². The first-order valence-electron chi connectivity index (χ1n) is 9.43. The molecule has 128 valence electrons. The van der Waals surface area contributed by atoms with E-state index in [9.17, 15) is 5.11 Å². The molecule has 2 saturated heterocycles. The molecule has 2 heterocycles. The van der Waals surface area contributed by atoms with Crippen molar-refractivity contribution >= 4 is 10.8 Å². The van der Waals surface area contributed by atoms with Crippen molar-refractivity contribution in [3.05, 3.63) is 42.0 Å². The molecule has 2 aliphatic rings. The standard InChI is InChI=1S/C21H28N2O/c24-21-8-7-19-12-17(5-6-20(19)13-21)14-23-11-3-4-18(16-23)15-22-9-1-2-10-22/h5-8,12-13,18,24H,1-4,9-11,14-16H2/t18-/m0/s1. The highest BCUT2D eigenvalue weighted by Crippen LogP contribution is 2.24. The monoisotopic (exact) mass is 324 g/mol. The molecule has 0 aromatic heterocycles. The Balaban J connectivity index is 1.39. The van der Waals surface area contributed by atoms with Crippen molar-refractivity contribution in [2.75, 3.05) is 32.7 Å². The van der Waals surface area contributed by atoms with Gasteiger partial charge in [-0.2, -0.15) is 0 Å². The first kappa shape index (κ1) is 15.9. The second-order valence-corrected chi connectivity index (χ2v) is 7.62. The Morgan fingerprint density at radius 3 is 2.50 bits per heavy atom. The molecule has 0 unspecified atom stereocenters. The summed E-state index contributed by atoms with van der Waals surface area (Å²) in [5, 5.41) is 11.9. The number of rotatable bonds is 4. The maximum absolute atomic E-state index is 9.59. The molecule has 0 aliphatic carbocycles. The third-order valence-corrected chi connectivity index (χ3v) is 5.61. The maximum atomic E-state index is 9.59. The van der Waals surface area contributed by atoms with Crippen LogP contribution in [-0.4, -0.2) is 47.6 Å². The molecular weight excluding hydrogens is 296 g/mol. The van der Waals surface area contributed by atoms with E-state index in [2.05, 4.69) is 28.0 Å². The molecule has 2 aromatic rings. The van der Waals surface area contributed by atoms with Crippen LogP contribution >= 0.6 is 0 Å². The van der Waals surface area contributed by atoms with Crippen molar-refractivity contribution in [1.82, 2.24) is 9.80 Å². The van der Waals surface area contributed by atoms with E-state index in [4.69, 9.17) is 0 Å². The number of likely N-dealkylation sites (tertiary alicyclic amines) is 2. The second kappa shape index (κ2) is 7.12. The van der Waals surface area contributed by atoms with Gasteiger partial charge in [-0.05, 0) is 85.8 Å². The predicted molar refractivity (Wildman–Crippen MR) is 99.3 cm³/mol. The summed E-state index contributed by atoms with van der Waals surface area (Å²) in [6, 6.07) is 12.3. The van der Waals surface area contributed by atoms with Crippen molar-refractivity contribution in [3.8, 4) is 5.75 Å². The number of piperidine rings is 1. The molecule has 0 bridgehead atoms. The van der Waals surface area contributed by atoms with Crippen molar-refractivity contribution < 1.29 is 5.11 Å². The Bertz CT molecular complexity index is 693. The van der Waals surface area contributed by atoms with Crippen LogP contribution in [0, 0.1) is 5.92 Å². The van der Waals surface area contributed by atoms with Gasteiger partial charge in [0.15, 0.2) is 0 Å². The van der Waals surface area contributed by atoms with Crippen LogP contribution in [0.5, 0.6) is 5.75 Å². The lowest BCUT2D eigenvalue weighted by molar-refractivity contribution is 0.137. The molecule has 2 aliphatic heterocycles. The summed E-state index contributed by atoms with van der Waals surface area (Å²) >= 11 is 0. The number of hydrogen-bond donors (Lipinski definition) is 1. The minimum absolute atomic E-state index is 0.344. The molecule has 1 atom stereocenters. The van der Waals surface area contributed by atoms with Gasteiger partial charge >= 0.3 is 0 Å². The van der Waals surface area contributed by atoms with E-state index >= 15 is 0 Å². The summed E-state index contributed by atoms with van der Waals surface area (Å²) in [5.41, 5.74) is 1.38. The molecule has 2 aromatic carbocycles. The second-order valence-electron chi connectivity index (χ2n) is 7.62. The van der Waals surface area contributed by atoms with Crippen LogP contribution in [0.4, 0.5) is 0 Å². The van der Waals surface area contributed by atoms with Gasteiger partial charge in [0.25, 0.3) is 0 Å². The van der Waals surface area contributed by atoms with E-state index in [1.54, 1.807) is 6.07 Å². The van der Waals surface area contributed by atoms with E-state index in [0.29, 0.717) is 5.75 Å². The summed E-state index contributed by atoms with van der Waals surface area (Å²) in [6.45, 7) is 7.44. The first-order valence-corrected chi connectivity index (χ1v) is 9.43. The first-order chi connectivity index (χ1) is 11.8. The zero-order valence-corrected chi connectivity index (χ0v) is 14.5. The predicted octanol–water partition coefficient (Wildman–Crippen LogP) is 3.85. The Morgan fingerprint density at radius 2 is 1.62 bits per heavy atom. The highest BCUT2D eigenvalue weighted by atomic mass is 16.3. The Hall–Kier alpha value is -1.58. The molecule has 3 heteroatoms. The normalized spacial score (nSPS) is 23.1. The molecule has 0 amide bonds. The molecule has 1 N–H and O–H groups in total. The van der Waals surface area contributed by atoms with Gasteiger partial charge < -0.3 is 10.0 Å². The third kappa shape index (κ3) is 3.73.